The molecule has 0 aliphatic carbocycles. The first-order valence-corrected chi connectivity index (χ1v) is 9.76. The number of carbonyl (C=O) groups excluding carboxylic acids is 1. The highest BCUT2D eigenvalue weighted by molar-refractivity contribution is 7.13. The van der Waals surface area contributed by atoms with Crippen molar-refractivity contribution in [2.24, 2.45) is 0 Å². The third-order valence-electron chi connectivity index (χ3n) is 4.68. The average molecular weight is 383 g/mol. The normalized spacial score (nSPS) is 15.1. The molecule has 0 spiro atoms. The molecule has 2 aromatic heterocycles. The smallest absolute Gasteiger partial charge is 0.254 e. The van der Waals surface area contributed by atoms with Crippen molar-refractivity contribution in [3.8, 4) is 16.4 Å². The monoisotopic (exact) mass is 383 g/mol. The summed E-state index contributed by atoms with van der Waals surface area (Å²) >= 11 is 1.64. The van der Waals surface area contributed by atoms with Gasteiger partial charge in [0.1, 0.15) is 5.75 Å². The molecule has 3 aromatic rings. The van der Waals surface area contributed by atoms with E-state index in [2.05, 4.69) is 10.1 Å². The third-order valence-corrected chi connectivity index (χ3v) is 5.57. The molecule has 3 heterocycles. The van der Waals surface area contributed by atoms with E-state index in [-0.39, 0.29) is 5.91 Å². The molecule has 1 aromatic carbocycles. The minimum Gasteiger partial charge on any atom is -0.497 e. The SMILES string of the molecule is COc1cccc(C(=O)N2CCN(Cc3cc(-c4cccs4)on3)CC2)c1. The van der Waals surface area contributed by atoms with Gasteiger partial charge in [0.05, 0.1) is 17.7 Å². The minimum absolute atomic E-state index is 0.0509. The third kappa shape index (κ3) is 4.04. The van der Waals surface area contributed by atoms with Crippen molar-refractivity contribution in [3.05, 3.63) is 59.1 Å². The first-order chi connectivity index (χ1) is 13.2. The standard InChI is InChI=1S/C20H21N3O3S/c1-25-17-5-2-4-15(12-17)20(24)23-9-7-22(8-10-23)14-16-13-18(26-21-16)19-6-3-11-27-19/h2-6,11-13H,7-10,14H2,1H3. The molecule has 1 saturated heterocycles. The molecule has 1 fully saturated rings. The van der Waals surface area contributed by atoms with Crippen LogP contribution >= 0.6 is 11.3 Å². The molecular formula is C20H21N3O3S. The highest BCUT2D eigenvalue weighted by Gasteiger charge is 2.23. The van der Waals surface area contributed by atoms with Gasteiger partial charge in [0.2, 0.25) is 0 Å². The van der Waals surface area contributed by atoms with E-state index in [1.54, 1.807) is 24.5 Å². The van der Waals surface area contributed by atoms with Gasteiger partial charge in [-0.25, -0.2) is 0 Å². The summed E-state index contributed by atoms with van der Waals surface area (Å²) in [5.74, 6) is 1.56. The summed E-state index contributed by atoms with van der Waals surface area (Å²) in [6.45, 7) is 3.77. The van der Waals surface area contributed by atoms with Crippen LogP contribution in [0.5, 0.6) is 5.75 Å². The second-order valence-corrected chi connectivity index (χ2v) is 7.41. The van der Waals surface area contributed by atoms with Crippen LogP contribution in [0.4, 0.5) is 0 Å². The molecule has 27 heavy (non-hydrogen) atoms. The highest BCUT2D eigenvalue weighted by atomic mass is 32.1. The van der Waals surface area contributed by atoms with Crippen molar-refractivity contribution >= 4 is 17.2 Å². The Morgan fingerprint density at radius 1 is 1.19 bits per heavy atom. The molecule has 7 heteroatoms. The van der Waals surface area contributed by atoms with Crippen LogP contribution in [0.1, 0.15) is 16.1 Å². The molecule has 4 rings (SSSR count). The van der Waals surface area contributed by atoms with Crippen molar-refractivity contribution in [1.29, 1.82) is 0 Å². The van der Waals surface area contributed by atoms with Crippen LogP contribution in [-0.4, -0.2) is 54.2 Å². The van der Waals surface area contributed by atoms with Crippen LogP contribution in [0.3, 0.4) is 0 Å². The van der Waals surface area contributed by atoms with Crippen LogP contribution in [-0.2, 0) is 6.54 Å². The quantitative estimate of drug-likeness (QED) is 0.676. The molecule has 0 saturated carbocycles. The molecule has 140 valence electrons. The maximum absolute atomic E-state index is 12.7. The number of benzene rings is 1. The second kappa shape index (κ2) is 7.94. The van der Waals surface area contributed by atoms with E-state index in [0.29, 0.717) is 24.4 Å². The summed E-state index contributed by atoms with van der Waals surface area (Å²) in [5, 5.41) is 6.21. The number of hydrogen-bond acceptors (Lipinski definition) is 6. The van der Waals surface area contributed by atoms with E-state index in [4.69, 9.17) is 9.26 Å². The molecule has 1 amide bonds. The summed E-state index contributed by atoms with van der Waals surface area (Å²) in [6, 6.07) is 13.3. The Kier molecular flexibility index (Phi) is 5.22. The molecule has 0 N–H and O–H groups in total. The van der Waals surface area contributed by atoms with Crippen molar-refractivity contribution in [3.63, 3.8) is 0 Å². The molecule has 6 nitrogen and oxygen atoms in total. The number of hydrogen-bond donors (Lipinski definition) is 0. The van der Waals surface area contributed by atoms with Crippen LogP contribution in [0.25, 0.3) is 10.6 Å². The predicted octanol–water partition coefficient (Wildman–Crippen LogP) is 3.37. The van der Waals surface area contributed by atoms with Crippen molar-refractivity contribution in [1.82, 2.24) is 15.0 Å². The lowest BCUT2D eigenvalue weighted by molar-refractivity contribution is 0.0625. The van der Waals surface area contributed by atoms with Gasteiger partial charge >= 0.3 is 0 Å². The Balaban J connectivity index is 1.33. The van der Waals surface area contributed by atoms with Crippen LogP contribution in [0.2, 0.25) is 0 Å². The summed E-state index contributed by atoms with van der Waals surface area (Å²) in [6.07, 6.45) is 0. The van der Waals surface area contributed by atoms with Gasteiger partial charge in [-0.2, -0.15) is 0 Å². The molecule has 0 unspecified atom stereocenters. The first-order valence-electron chi connectivity index (χ1n) is 8.88. The lowest BCUT2D eigenvalue weighted by Gasteiger charge is -2.34. The zero-order chi connectivity index (χ0) is 18.6. The van der Waals surface area contributed by atoms with Crippen LogP contribution in [0.15, 0.2) is 52.4 Å². The summed E-state index contributed by atoms with van der Waals surface area (Å²) in [5.41, 5.74) is 1.59. The van der Waals surface area contributed by atoms with E-state index in [1.165, 1.54) is 0 Å². The summed E-state index contributed by atoms with van der Waals surface area (Å²) < 4.78 is 10.7. The molecular weight excluding hydrogens is 362 g/mol. The van der Waals surface area contributed by atoms with E-state index in [1.807, 2.05) is 46.7 Å². The van der Waals surface area contributed by atoms with Crippen LogP contribution < -0.4 is 4.74 Å². The fourth-order valence-electron chi connectivity index (χ4n) is 3.20. The molecule has 1 aliphatic rings. The number of carbonyl (C=O) groups is 1. The number of piperazine rings is 1. The number of nitrogens with zero attached hydrogens (tertiary/aromatic N) is 3. The number of methoxy groups -OCH3 is 1. The van der Waals surface area contributed by atoms with Gasteiger partial charge < -0.3 is 14.2 Å². The Labute approximate surface area is 161 Å². The lowest BCUT2D eigenvalue weighted by atomic mass is 10.1. The van der Waals surface area contributed by atoms with E-state index in [0.717, 1.165) is 36.0 Å². The largest absolute Gasteiger partial charge is 0.497 e. The number of ether oxygens (including phenoxy) is 1. The number of thiophene rings is 1. The van der Waals surface area contributed by atoms with E-state index in [9.17, 15) is 4.79 Å². The van der Waals surface area contributed by atoms with Gasteiger partial charge in [-0.3, -0.25) is 9.69 Å². The minimum atomic E-state index is 0.0509. The zero-order valence-corrected chi connectivity index (χ0v) is 15.9. The Morgan fingerprint density at radius 2 is 2.04 bits per heavy atom. The fraction of sp³-hybridized carbons (Fsp3) is 0.300. The van der Waals surface area contributed by atoms with Gasteiger partial charge in [-0.15, -0.1) is 11.3 Å². The lowest BCUT2D eigenvalue weighted by Crippen LogP contribution is -2.48. The van der Waals surface area contributed by atoms with E-state index >= 15 is 0 Å². The second-order valence-electron chi connectivity index (χ2n) is 6.46. The van der Waals surface area contributed by atoms with Gasteiger partial charge in [0.15, 0.2) is 5.76 Å². The van der Waals surface area contributed by atoms with Crippen molar-refractivity contribution in [2.45, 2.75) is 6.54 Å². The van der Waals surface area contributed by atoms with E-state index < -0.39 is 0 Å². The predicted molar refractivity (Wildman–Crippen MR) is 104 cm³/mol. The molecule has 0 radical (unpaired) electrons. The Hall–Kier alpha value is -2.64. The molecule has 0 bridgehead atoms. The van der Waals surface area contributed by atoms with Gasteiger partial charge in [0.25, 0.3) is 5.91 Å². The maximum atomic E-state index is 12.7. The van der Waals surface area contributed by atoms with Gasteiger partial charge in [-0.1, -0.05) is 17.3 Å². The highest BCUT2D eigenvalue weighted by Crippen LogP contribution is 2.25. The fourth-order valence-corrected chi connectivity index (χ4v) is 3.87. The summed E-state index contributed by atoms with van der Waals surface area (Å²) in [7, 11) is 1.61. The number of rotatable bonds is 5. The maximum Gasteiger partial charge on any atom is 0.254 e. The summed E-state index contributed by atoms with van der Waals surface area (Å²) in [4.78, 5) is 18.0. The average Bonchev–Trinajstić information content (AvgIpc) is 3.40. The molecule has 0 atom stereocenters. The van der Waals surface area contributed by atoms with Crippen LogP contribution in [0, 0.1) is 0 Å². The number of aromatic nitrogens is 1. The van der Waals surface area contributed by atoms with Crippen molar-refractivity contribution < 1.29 is 14.1 Å². The van der Waals surface area contributed by atoms with Gasteiger partial charge in [0, 0.05) is 44.4 Å². The first kappa shape index (κ1) is 17.8. The Bertz CT molecular complexity index is 899. The van der Waals surface area contributed by atoms with Gasteiger partial charge in [-0.05, 0) is 29.6 Å². The Morgan fingerprint density at radius 3 is 2.78 bits per heavy atom. The van der Waals surface area contributed by atoms with Crippen molar-refractivity contribution in [2.75, 3.05) is 33.3 Å². The topological polar surface area (TPSA) is 58.8 Å². The zero-order valence-electron chi connectivity index (χ0n) is 15.1. The number of amides is 1. The molecule has 1 aliphatic heterocycles.